The van der Waals surface area contributed by atoms with Gasteiger partial charge >= 0.3 is 0 Å². The van der Waals surface area contributed by atoms with Gasteiger partial charge in [0.05, 0.1) is 0 Å². The van der Waals surface area contributed by atoms with Crippen molar-refractivity contribution in [3.05, 3.63) is 29.0 Å². The second kappa shape index (κ2) is 4.37. The summed E-state index contributed by atoms with van der Waals surface area (Å²) in [6, 6.07) is 4.63. The molecule has 0 bridgehead atoms. The van der Waals surface area contributed by atoms with Crippen LogP contribution in [-0.4, -0.2) is 19.6 Å². The Hall–Kier alpha value is -0.800. The number of nitrogens with zero attached hydrogens (tertiary/aromatic N) is 1. The number of halogens is 2. The molecule has 0 aromatic heterocycles. The monoisotopic (exact) mass is 228 g/mol. The molecule has 0 spiro atoms. The Kier molecular flexibility index (Phi) is 3.12. The van der Waals surface area contributed by atoms with E-state index in [9.17, 15) is 4.39 Å². The molecule has 1 fully saturated rings. The van der Waals surface area contributed by atoms with Crippen LogP contribution in [0.5, 0.6) is 0 Å². The molecule has 1 atom stereocenters. The first-order valence-corrected chi connectivity index (χ1v) is 5.48. The fourth-order valence-electron chi connectivity index (χ4n) is 1.98. The fraction of sp³-hybridized carbons (Fsp3) is 0.455. The molecule has 2 N–H and O–H groups in total. The van der Waals surface area contributed by atoms with Crippen molar-refractivity contribution >= 4 is 17.3 Å². The molecule has 4 heteroatoms. The molecule has 1 aliphatic rings. The highest BCUT2D eigenvalue weighted by molar-refractivity contribution is 6.30. The van der Waals surface area contributed by atoms with Crippen molar-refractivity contribution in [3.8, 4) is 0 Å². The van der Waals surface area contributed by atoms with Crippen LogP contribution in [0, 0.1) is 11.7 Å². The van der Waals surface area contributed by atoms with Gasteiger partial charge in [0.1, 0.15) is 5.82 Å². The smallest absolute Gasteiger partial charge is 0.126 e. The van der Waals surface area contributed by atoms with Gasteiger partial charge in [-0.25, -0.2) is 4.39 Å². The maximum absolute atomic E-state index is 13.1. The minimum atomic E-state index is -0.284. The summed E-state index contributed by atoms with van der Waals surface area (Å²) in [7, 11) is 0. The molecule has 1 heterocycles. The molecule has 2 nitrogen and oxygen atoms in total. The number of anilines is 1. The highest BCUT2D eigenvalue weighted by Crippen LogP contribution is 2.26. The summed E-state index contributed by atoms with van der Waals surface area (Å²) in [5.41, 5.74) is 6.46. The van der Waals surface area contributed by atoms with Crippen molar-refractivity contribution < 1.29 is 4.39 Å². The van der Waals surface area contributed by atoms with Gasteiger partial charge in [0, 0.05) is 23.8 Å². The predicted octanol–water partition coefficient (Wildman–Crippen LogP) is 2.26. The second-order valence-corrected chi connectivity index (χ2v) is 4.40. The summed E-state index contributed by atoms with van der Waals surface area (Å²) in [6.07, 6.45) is 1.07. The first kappa shape index (κ1) is 10.7. The van der Waals surface area contributed by atoms with Crippen LogP contribution in [0.25, 0.3) is 0 Å². The summed E-state index contributed by atoms with van der Waals surface area (Å²) in [5.74, 6) is 0.237. The van der Waals surface area contributed by atoms with Gasteiger partial charge < -0.3 is 10.6 Å². The first-order chi connectivity index (χ1) is 7.19. The number of hydrogen-bond acceptors (Lipinski definition) is 2. The lowest BCUT2D eigenvalue weighted by Crippen LogP contribution is -2.22. The van der Waals surface area contributed by atoms with Gasteiger partial charge in [-0.1, -0.05) is 11.6 Å². The van der Waals surface area contributed by atoms with Gasteiger partial charge in [-0.2, -0.15) is 0 Å². The van der Waals surface area contributed by atoms with Crippen LogP contribution in [0.2, 0.25) is 5.02 Å². The Morgan fingerprint density at radius 1 is 1.47 bits per heavy atom. The molecule has 2 rings (SSSR count). The van der Waals surface area contributed by atoms with E-state index in [1.165, 1.54) is 12.1 Å². The quantitative estimate of drug-likeness (QED) is 0.842. The Balaban J connectivity index is 2.16. The van der Waals surface area contributed by atoms with E-state index in [1.54, 1.807) is 6.07 Å². The average molecular weight is 229 g/mol. The highest BCUT2D eigenvalue weighted by atomic mass is 35.5. The van der Waals surface area contributed by atoms with E-state index < -0.39 is 0 Å². The van der Waals surface area contributed by atoms with E-state index in [0.717, 1.165) is 25.2 Å². The number of nitrogens with two attached hydrogens (primary N) is 1. The predicted molar refractivity (Wildman–Crippen MR) is 60.8 cm³/mol. The van der Waals surface area contributed by atoms with Crippen LogP contribution in [0.4, 0.5) is 10.1 Å². The molecule has 1 unspecified atom stereocenters. The van der Waals surface area contributed by atoms with Crippen molar-refractivity contribution in [1.82, 2.24) is 0 Å². The maximum Gasteiger partial charge on any atom is 0.126 e. The summed E-state index contributed by atoms with van der Waals surface area (Å²) in [4.78, 5) is 2.13. The van der Waals surface area contributed by atoms with Crippen LogP contribution in [0.3, 0.4) is 0 Å². The van der Waals surface area contributed by atoms with Crippen molar-refractivity contribution in [1.29, 1.82) is 0 Å². The Bertz CT molecular complexity index is 336. The van der Waals surface area contributed by atoms with Crippen molar-refractivity contribution in [3.63, 3.8) is 0 Å². The zero-order chi connectivity index (χ0) is 10.8. The molecule has 1 aromatic carbocycles. The molecule has 0 aliphatic carbocycles. The lowest BCUT2D eigenvalue weighted by Gasteiger charge is -2.18. The third-order valence-electron chi connectivity index (χ3n) is 2.83. The molecule has 1 saturated heterocycles. The van der Waals surface area contributed by atoms with Crippen LogP contribution in [0.15, 0.2) is 18.2 Å². The standard InChI is InChI=1S/C11H14ClFN2/c12-9-3-10(13)5-11(4-9)15-2-1-8(6-14)7-15/h3-5,8H,1-2,6-7,14H2. The molecule has 1 aromatic rings. The Morgan fingerprint density at radius 3 is 2.87 bits per heavy atom. The Morgan fingerprint density at radius 2 is 2.27 bits per heavy atom. The van der Waals surface area contributed by atoms with Crippen molar-refractivity contribution in [2.24, 2.45) is 11.7 Å². The minimum absolute atomic E-state index is 0.284. The minimum Gasteiger partial charge on any atom is -0.371 e. The summed E-state index contributed by atoms with van der Waals surface area (Å²) >= 11 is 5.81. The highest BCUT2D eigenvalue weighted by Gasteiger charge is 2.21. The van der Waals surface area contributed by atoms with Crippen LogP contribution in [-0.2, 0) is 0 Å². The molecule has 1 aliphatic heterocycles. The zero-order valence-corrected chi connectivity index (χ0v) is 9.17. The van der Waals surface area contributed by atoms with Crippen LogP contribution < -0.4 is 10.6 Å². The summed E-state index contributed by atoms with van der Waals surface area (Å²) < 4.78 is 13.1. The number of rotatable bonds is 2. The molecular weight excluding hydrogens is 215 g/mol. The van der Waals surface area contributed by atoms with Gasteiger partial charge in [-0.15, -0.1) is 0 Å². The first-order valence-electron chi connectivity index (χ1n) is 5.10. The molecule has 82 valence electrons. The average Bonchev–Trinajstić information content (AvgIpc) is 2.64. The lowest BCUT2D eigenvalue weighted by molar-refractivity contribution is 0.602. The Labute approximate surface area is 93.8 Å². The normalized spacial score (nSPS) is 21.0. The van der Waals surface area contributed by atoms with Crippen molar-refractivity contribution in [2.75, 3.05) is 24.5 Å². The maximum atomic E-state index is 13.1. The topological polar surface area (TPSA) is 29.3 Å². The van der Waals surface area contributed by atoms with E-state index in [2.05, 4.69) is 4.90 Å². The van der Waals surface area contributed by atoms with Crippen LogP contribution >= 0.6 is 11.6 Å². The number of benzene rings is 1. The van der Waals surface area contributed by atoms with E-state index >= 15 is 0 Å². The molecule has 0 amide bonds. The van der Waals surface area contributed by atoms with E-state index in [0.29, 0.717) is 17.5 Å². The van der Waals surface area contributed by atoms with Gasteiger partial charge in [0.25, 0.3) is 0 Å². The van der Waals surface area contributed by atoms with Gasteiger partial charge in [0.15, 0.2) is 0 Å². The molecule has 0 radical (unpaired) electrons. The van der Waals surface area contributed by atoms with E-state index in [-0.39, 0.29) is 5.82 Å². The van der Waals surface area contributed by atoms with Gasteiger partial charge in [-0.05, 0) is 37.1 Å². The van der Waals surface area contributed by atoms with Crippen LogP contribution in [0.1, 0.15) is 6.42 Å². The second-order valence-electron chi connectivity index (χ2n) is 3.96. The van der Waals surface area contributed by atoms with Crippen molar-refractivity contribution in [2.45, 2.75) is 6.42 Å². The van der Waals surface area contributed by atoms with E-state index in [4.69, 9.17) is 17.3 Å². The SMILES string of the molecule is NCC1CCN(c2cc(F)cc(Cl)c2)C1. The molecule has 0 saturated carbocycles. The summed E-state index contributed by atoms with van der Waals surface area (Å²) in [5, 5.41) is 0.446. The van der Waals surface area contributed by atoms with E-state index in [1.807, 2.05) is 0 Å². The third-order valence-corrected chi connectivity index (χ3v) is 3.05. The van der Waals surface area contributed by atoms with Gasteiger partial charge in [0.2, 0.25) is 0 Å². The number of hydrogen-bond donors (Lipinski definition) is 1. The molecule has 15 heavy (non-hydrogen) atoms. The lowest BCUT2D eigenvalue weighted by atomic mass is 10.1. The zero-order valence-electron chi connectivity index (χ0n) is 8.42. The fourth-order valence-corrected chi connectivity index (χ4v) is 2.20. The third kappa shape index (κ3) is 2.41. The largest absolute Gasteiger partial charge is 0.371 e. The molecular formula is C11H14ClFN2. The van der Waals surface area contributed by atoms with Gasteiger partial charge in [-0.3, -0.25) is 0 Å². The summed E-state index contributed by atoms with van der Waals surface area (Å²) in [6.45, 7) is 2.53.